The average molecular weight is 234 g/mol. The van der Waals surface area contributed by atoms with Crippen LogP contribution in [0.5, 0.6) is 11.5 Å². The summed E-state index contributed by atoms with van der Waals surface area (Å²) in [4.78, 5) is 11.8. The summed E-state index contributed by atoms with van der Waals surface area (Å²) in [5, 5.41) is 6.18. The molecule has 0 bridgehead atoms. The molecule has 1 aliphatic carbocycles. The fourth-order valence-electron chi connectivity index (χ4n) is 2.12. The van der Waals surface area contributed by atoms with Crippen LogP contribution in [-0.2, 0) is 4.79 Å². The summed E-state index contributed by atoms with van der Waals surface area (Å²) in [5.41, 5.74) is 1.25. The van der Waals surface area contributed by atoms with Gasteiger partial charge < -0.3 is 20.1 Å². The van der Waals surface area contributed by atoms with Crippen molar-refractivity contribution in [2.24, 2.45) is 0 Å². The fraction of sp³-hybridized carbons (Fsp3) is 0.417. The molecule has 2 aliphatic rings. The van der Waals surface area contributed by atoms with Crippen LogP contribution in [0.2, 0.25) is 0 Å². The number of carbonyl (C=O) groups excluding carboxylic acids is 1. The lowest BCUT2D eigenvalue weighted by atomic mass is 10.1. The lowest BCUT2D eigenvalue weighted by Gasteiger charge is -2.27. The SMILES string of the molecule is COc1cc2c(cc1OC)NC1(CC1)C(=O)N2. The molecule has 5 nitrogen and oxygen atoms in total. The Morgan fingerprint density at radius 2 is 1.71 bits per heavy atom. The summed E-state index contributed by atoms with van der Waals surface area (Å²) < 4.78 is 10.4. The summed E-state index contributed by atoms with van der Waals surface area (Å²) in [6, 6.07) is 3.63. The van der Waals surface area contributed by atoms with Gasteiger partial charge in [0.25, 0.3) is 0 Å². The highest BCUT2D eigenvalue weighted by molar-refractivity contribution is 6.08. The van der Waals surface area contributed by atoms with E-state index in [9.17, 15) is 4.79 Å². The molecule has 1 heterocycles. The standard InChI is InChI=1S/C12H14N2O3/c1-16-9-5-7-8(6-10(9)17-2)14-12(3-4-12)11(15)13-7/h5-6,14H,3-4H2,1-2H3,(H,13,15). The lowest BCUT2D eigenvalue weighted by molar-refractivity contribution is -0.117. The molecule has 90 valence electrons. The number of ether oxygens (including phenoxy) is 2. The minimum absolute atomic E-state index is 0.0391. The van der Waals surface area contributed by atoms with Crippen LogP contribution in [0.1, 0.15) is 12.8 Å². The molecule has 1 saturated carbocycles. The molecule has 0 aromatic heterocycles. The molecule has 5 heteroatoms. The zero-order valence-electron chi connectivity index (χ0n) is 9.79. The molecule has 1 aromatic rings. The number of nitrogens with one attached hydrogen (secondary N) is 2. The van der Waals surface area contributed by atoms with Gasteiger partial charge in [0, 0.05) is 12.1 Å². The van der Waals surface area contributed by atoms with Crippen molar-refractivity contribution in [2.45, 2.75) is 18.4 Å². The van der Waals surface area contributed by atoms with Crippen molar-refractivity contribution in [1.82, 2.24) is 0 Å². The molecule has 0 atom stereocenters. The zero-order chi connectivity index (χ0) is 12.0. The van der Waals surface area contributed by atoms with E-state index in [1.54, 1.807) is 20.3 Å². The molecular formula is C12H14N2O3. The first kappa shape index (κ1) is 10.3. The molecule has 1 spiro atoms. The molecule has 1 fully saturated rings. The summed E-state index contributed by atoms with van der Waals surface area (Å²) in [7, 11) is 3.17. The van der Waals surface area contributed by atoms with Gasteiger partial charge >= 0.3 is 0 Å². The van der Waals surface area contributed by atoms with Gasteiger partial charge in [0.2, 0.25) is 5.91 Å². The molecular weight excluding hydrogens is 220 g/mol. The van der Waals surface area contributed by atoms with Crippen LogP contribution in [0.15, 0.2) is 12.1 Å². The Kier molecular flexibility index (Phi) is 1.98. The van der Waals surface area contributed by atoms with Crippen LogP contribution in [0.25, 0.3) is 0 Å². The number of fused-ring (bicyclic) bond motifs is 1. The number of amides is 1. The molecule has 3 rings (SSSR count). The Balaban J connectivity index is 2.05. The van der Waals surface area contributed by atoms with E-state index in [1.807, 2.05) is 6.07 Å². The third kappa shape index (κ3) is 1.42. The molecule has 1 aliphatic heterocycles. The Bertz CT molecular complexity index is 495. The smallest absolute Gasteiger partial charge is 0.250 e. The van der Waals surface area contributed by atoms with E-state index in [4.69, 9.17) is 9.47 Å². The van der Waals surface area contributed by atoms with Crippen LogP contribution in [0, 0.1) is 0 Å². The summed E-state index contributed by atoms with van der Waals surface area (Å²) >= 11 is 0. The second-order valence-corrected chi connectivity index (χ2v) is 4.41. The van der Waals surface area contributed by atoms with Gasteiger partial charge in [0.05, 0.1) is 25.6 Å². The first-order chi connectivity index (χ1) is 8.18. The number of methoxy groups -OCH3 is 2. The summed E-state index contributed by atoms with van der Waals surface area (Å²) in [5.74, 6) is 1.31. The van der Waals surface area contributed by atoms with E-state index < -0.39 is 0 Å². The monoisotopic (exact) mass is 234 g/mol. The summed E-state index contributed by atoms with van der Waals surface area (Å²) in [6.07, 6.45) is 1.76. The quantitative estimate of drug-likeness (QED) is 0.816. The topological polar surface area (TPSA) is 59.6 Å². The van der Waals surface area contributed by atoms with Crippen molar-refractivity contribution < 1.29 is 14.3 Å². The number of hydrogen-bond acceptors (Lipinski definition) is 4. The third-order valence-electron chi connectivity index (χ3n) is 3.33. The predicted molar refractivity (Wildman–Crippen MR) is 63.8 cm³/mol. The van der Waals surface area contributed by atoms with Crippen LogP contribution < -0.4 is 20.1 Å². The van der Waals surface area contributed by atoms with Gasteiger partial charge in [-0.25, -0.2) is 0 Å². The van der Waals surface area contributed by atoms with Crippen molar-refractivity contribution >= 4 is 17.3 Å². The molecule has 1 amide bonds. The van der Waals surface area contributed by atoms with Gasteiger partial charge in [-0.05, 0) is 12.8 Å². The number of rotatable bonds is 2. The number of carbonyl (C=O) groups is 1. The number of benzene rings is 1. The molecule has 0 radical (unpaired) electrons. The predicted octanol–water partition coefficient (Wildman–Crippen LogP) is 1.60. The maximum atomic E-state index is 11.8. The highest BCUT2D eigenvalue weighted by atomic mass is 16.5. The molecule has 0 unspecified atom stereocenters. The molecule has 17 heavy (non-hydrogen) atoms. The zero-order valence-corrected chi connectivity index (χ0v) is 9.79. The van der Waals surface area contributed by atoms with E-state index in [1.165, 1.54) is 0 Å². The van der Waals surface area contributed by atoms with E-state index in [0.717, 1.165) is 24.2 Å². The van der Waals surface area contributed by atoms with E-state index in [-0.39, 0.29) is 11.4 Å². The van der Waals surface area contributed by atoms with Crippen molar-refractivity contribution in [3.05, 3.63) is 12.1 Å². The van der Waals surface area contributed by atoms with Crippen molar-refractivity contribution in [3.8, 4) is 11.5 Å². The van der Waals surface area contributed by atoms with Gasteiger partial charge in [-0.15, -0.1) is 0 Å². The van der Waals surface area contributed by atoms with Gasteiger partial charge in [-0.2, -0.15) is 0 Å². The van der Waals surface area contributed by atoms with Crippen molar-refractivity contribution in [2.75, 3.05) is 24.9 Å². The highest BCUT2D eigenvalue weighted by Gasteiger charge is 2.52. The number of hydrogen-bond donors (Lipinski definition) is 2. The largest absolute Gasteiger partial charge is 0.493 e. The van der Waals surface area contributed by atoms with Gasteiger partial charge in [-0.1, -0.05) is 0 Å². The molecule has 1 aromatic carbocycles. The maximum Gasteiger partial charge on any atom is 0.250 e. The van der Waals surface area contributed by atoms with Crippen LogP contribution in [0.4, 0.5) is 11.4 Å². The van der Waals surface area contributed by atoms with Crippen LogP contribution >= 0.6 is 0 Å². The Morgan fingerprint density at radius 1 is 1.12 bits per heavy atom. The first-order valence-electron chi connectivity index (χ1n) is 5.54. The van der Waals surface area contributed by atoms with Gasteiger partial charge in [0.15, 0.2) is 11.5 Å². The lowest BCUT2D eigenvalue weighted by Crippen LogP contribution is -2.40. The second-order valence-electron chi connectivity index (χ2n) is 4.41. The Morgan fingerprint density at radius 3 is 2.24 bits per heavy atom. The van der Waals surface area contributed by atoms with Crippen LogP contribution in [-0.4, -0.2) is 25.7 Å². The minimum Gasteiger partial charge on any atom is -0.493 e. The third-order valence-corrected chi connectivity index (χ3v) is 3.33. The van der Waals surface area contributed by atoms with Gasteiger partial charge in [-0.3, -0.25) is 4.79 Å². The Hall–Kier alpha value is -1.91. The van der Waals surface area contributed by atoms with Crippen molar-refractivity contribution in [3.63, 3.8) is 0 Å². The van der Waals surface area contributed by atoms with Crippen LogP contribution in [0.3, 0.4) is 0 Å². The normalized spacial score (nSPS) is 19.1. The Labute approximate surface area is 99.1 Å². The number of anilines is 2. The van der Waals surface area contributed by atoms with E-state index in [0.29, 0.717) is 11.5 Å². The molecule has 0 saturated heterocycles. The van der Waals surface area contributed by atoms with Crippen molar-refractivity contribution in [1.29, 1.82) is 0 Å². The average Bonchev–Trinajstić information content (AvgIpc) is 3.10. The first-order valence-corrected chi connectivity index (χ1v) is 5.54. The second kappa shape index (κ2) is 3.29. The maximum absolute atomic E-state index is 11.8. The van der Waals surface area contributed by atoms with E-state index >= 15 is 0 Å². The molecule has 2 N–H and O–H groups in total. The summed E-state index contributed by atoms with van der Waals surface area (Å²) in [6.45, 7) is 0. The van der Waals surface area contributed by atoms with Gasteiger partial charge in [0.1, 0.15) is 5.54 Å². The fourth-order valence-corrected chi connectivity index (χ4v) is 2.12. The minimum atomic E-state index is -0.382. The highest BCUT2D eigenvalue weighted by Crippen LogP contribution is 2.47. The van der Waals surface area contributed by atoms with E-state index in [2.05, 4.69) is 10.6 Å².